The summed E-state index contributed by atoms with van der Waals surface area (Å²) in [6.45, 7) is 1.64. The molecular formula is C11H9F3N2O2S. The molecule has 0 saturated heterocycles. The second-order valence-corrected chi connectivity index (χ2v) is 4.86. The van der Waals surface area contributed by atoms with Gasteiger partial charge in [0.05, 0.1) is 6.54 Å². The summed E-state index contributed by atoms with van der Waals surface area (Å²) in [7, 11) is 0. The van der Waals surface area contributed by atoms with Gasteiger partial charge in [0.15, 0.2) is 5.69 Å². The number of carboxylic acids is 1. The van der Waals surface area contributed by atoms with Crippen molar-refractivity contribution in [1.82, 2.24) is 9.78 Å². The van der Waals surface area contributed by atoms with E-state index in [1.165, 1.54) is 17.7 Å². The lowest BCUT2D eigenvalue weighted by Crippen LogP contribution is -2.08. The highest BCUT2D eigenvalue weighted by Gasteiger charge is 2.34. The minimum Gasteiger partial charge on any atom is -0.477 e. The summed E-state index contributed by atoms with van der Waals surface area (Å²) in [6, 6.07) is 2.39. The van der Waals surface area contributed by atoms with Crippen LogP contribution in [0, 0.1) is 6.92 Å². The van der Waals surface area contributed by atoms with Gasteiger partial charge in [-0.15, -0.1) is 11.3 Å². The van der Waals surface area contributed by atoms with Crippen LogP contribution >= 0.6 is 11.3 Å². The van der Waals surface area contributed by atoms with E-state index < -0.39 is 17.8 Å². The fourth-order valence-electron chi connectivity index (χ4n) is 1.55. The van der Waals surface area contributed by atoms with Crippen molar-refractivity contribution in [3.8, 4) is 0 Å². The van der Waals surface area contributed by atoms with Crippen LogP contribution < -0.4 is 0 Å². The summed E-state index contributed by atoms with van der Waals surface area (Å²) >= 11 is 1.03. The molecule has 0 bridgehead atoms. The van der Waals surface area contributed by atoms with Gasteiger partial charge < -0.3 is 5.11 Å². The number of alkyl halides is 3. The maximum atomic E-state index is 12.5. The number of aryl methyl sites for hydroxylation is 1. The van der Waals surface area contributed by atoms with Gasteiger partial charge in [-0.25, -0.2) is 4.79 Å². The molecule has 1 N–H and O–H groups in total. The highest BCUT2D eigenvalue weighted by Crippen LogP contribution is 2.28. The normalized spacial score (nSPS) is 11.8. The Bertz CT molecular complexity index is 616. The van der Waals surface area contributed by atoms with Crippen molar-refractivity contribution in [2.75, 3.05) is 0 Å². The molecule has 2 aromatic rings. The van der Waals surface area contributed by atoms with Crippen LogP contribution in [0.4, 0.5) is 13.2 Å². The monoisotopic (exact) mass is 290 g/mol. The molecule has 0 amide bonds. The molecular weight excluding hydrogens is 281 g/mol. The van der Waals surface area contributed by atoms with Crippen LogP contribution in [0.15, 0.2) is 17.5 Å². The quantitative estimate of drug-likeness (QED) is 0.945. The molecule has 0 atom stereocenters. The predicted molar refractivity (Wildman–Crippen MR) is 62.3 cm³/mol. The molecule has 2 rings (SSSR count). The van der Waals surface area contributed by atoms with Crippen LogP contribution in [0.1, 0.15) is 26.6 Å². The number of carbonyl (C=O) groups is 1. The van der Waals surface area contributed by atoms with E-state index in [0.717, 1.165) is 17.4 Å². The van der Waals surface area contributed by atoms with Crippen molar-refractivity contribution < 1.29 is 23.1 Å². The van der Waals surface area contributed by atoms with Gasteiger partial charge in [-0.2, -0.15) is 18.3 Å². The van der Waals surface area contributed by atoms with Crippen molar-refractivity contribution in [2.45, 2.75) is 19.6 Å². The molecule has 0 aromatic carbocycles. The van der Waals surface area contributed by atoms with E-state index in [-0.39, 0.29) is 11.4 Å². The summed E-state index contributed by atoms with van der Waals surface area (Å²) in [5, 5.41) is 13.8. The molecule has 0 fully saturated rings. The Balaban J connectivity index is 2.23. The van der Waals surface area contributed by atoms with Crippen molar-refractivity contribution in [1.29, 1.82) is 0 Å². The Morgan fingerprint density at radius 3 is 2.63 bits per heavy atom. The van der Waals surface area contributed by atoms with Gasteiger partial charge in [-0.05, 0) is 30.0 Å². The molecule has 0 unspecified atom stereocenters. The van der Waals surface area contributed by atoms with Crippen molar-refractivity contribution in [3.63, 3.8) is 0 Å². The number of hydrogen-bond donors (Lipinski definition) is 1. The fraction of sp³-hybridized carbons (Fsp3) is 0.273. The Morgan fingerprint density at radius 2 is 2.16 bits per heavy atom. The van der Waals surface area contributed by atoms with Crippen LogP contribution in [0.25, 0.3) is 0 Å². The van der Waals surface area contributed by atoms with Gasteiger partial charge in [-0.3, -0.25) is 4.68 Å². The number of aromatic nitrogens is 2. The summed E-state index contributed by atoms with van der Waals surface area (Å²) in [4.78, 5) is 10.9. The van der Waals surface area contributed by atoms with E-state index in [1.807, 2.05) is 0 Å². The molecule has 2 heterocycles. The van der Waals surface area contributed by atoms with Crippen molar-refractivity contribution in [2.24, 2.45) is 0 Å². The lowest BCUT2D eigenvalue weighted by Gasteiger charge is -2.02. The standard InChI is InChI=1S/C11H9F3N2O2S/c1-6-2-9(11(12,13)14)15-16(6)4-7-3-8(10(17)18)19-5-7/h2-3,5H,4H2,1H3,(H,17,18). The highest BCUT2D eigenvalue weighted by molar-refractivity contribution is 7.12. The molecule has 0 saturated carbocycles. The first kappa shape index (κ1) is 13.6. The van der Waals surface area contributed by atoms with Crippen LogP contribution in [-0.4, -0.2) is 20.9 Å². The molecule has 0 spiro atoms. The van der Waals surface area contributed by atoms with Crippen LogP contribution in [-0.2, 0) is 12.7 Å². The molecule has 102 valence electrons. The minimum atomic E-state index is -4.48. The summed E-state index contributed by atoms with van der Waals surface area (Å²) in [6.07, 6.45) is -4.48. The van der Waals surface area contributed by atoms with E-state index in [0.29, 0.717) is 11.3 Å². The number of aromatic carboxylic acids is 1. The molecule has 2 aromatic heterocycles. The molecule has 0 aliphatic rings. The average molecular weight is 290 g/mol. The van der Waals surface area contributed by atoms with E-state index in [4.69, 9.17) is 5.11 Å². The third-order valence-corrected chi connectivity index (χ3v) is 3.44. The number of thiophene rings is 1. The summed E-state index contributed by atoms with van der Waals surface area (Å²) < 4.78 is 38.6. The van der Waals surface area contributed by atoms with Gasteiger partial charge in [0.1, 0.15) is 4.88 Å². The maximum absolute atomic E-state index is 12.5. The Labute approximate surface area is 110 Å². The Hall–Kier alpha value is -1.83. The van der Waals surface area contributed by atoms with E-state index in [2.05, 4.69) is 5.10 Å². The molecule has 0 aliphatic carbocycles. The van der Waals surface area contributed by atoms with Gasteiger partial charge >= 0.3 is 12.1 Å². The molecule has 8 heteroatoms. The smallest absolute Gasteiger partial charge is 0.435 e. The second-order valence-electron chi connectivity index (χ2n) is 3.95. The number of carboxylic acid groups (broad SMARTS) is 1. The molecule has 19 heavy (non-hydrogen) atoms. The Kier molecular flexibility index (Phi) is 3.36. The van der Waals surface area contributed by atoms with Gasteiger partial charge in [0.2, 0.25) is 0 Å². The zero-order valence-corrected chi connectivity index (χ0v) is 10.5. The average Bonchev–Trinajstić information content (AvgIpc) is 2.86. The SMILES string of the molecule is Cc1cc(C(F)(F)F)nn1Cc1csc(C(=O)O)c1. The third-order valence-electron chi connectivity index (χ3n) is 2.47. The van der Waals surface area contributed by atoms with Gasteiger partial charge in [0.25, 0.3) is 0 Å². The lowest BCUT2D eigenvalue weighted by atomic mass is 10.3. The number of nitrogens with zero attached hydrogens (tertiary/aromatic N) is 2. The topological polar surface area (TPSA) is 55.1 Å². The highest BCUT2D eigenvalue weighted by atomic mass is 32.1. The number of hydrogen-bond acceptors (Lipinski definition) is 3. The third kappa shape index (κ3) is 2.95. The van der Waals surface area contributed by atoms with Crippen molar-refractivity contribution >= 4 is 17.3 Å². The largest absolute Gasteiger partial charge is 0.477 e. The van der Waals surface area contributed by atoms with Gasteiger partial charge in [-0.1, -0.05) is 0 Å². The number of halogens is 3. The zero-order chi connectivity index (χ0) is 14.2. The van der Waals surface area contributed by atoms with Crippen LogP contribution in [0.2, 0.25) is 0 Å². The van der Waals surface area contributed by atoms with Crippen molar-refractivity contribution in [3.05, 3.63) is 39.3 Å². The van der Waals surface area contributed by atoms with Crippen LogP contribution in [0.3, 0.4) is 0 Å². The first-order chi connectivity index (χ1) is 8.77. The second kappa shape index (κ2) is 4.69. The molecule has 4 nitrogen and oxygen atoms in total. The minimum absolute atomic E-state index is 0.117. The van der Waals surface area contributed by atoms with Crippen LogP contribution in [0.5, 0.6) is 0 Å². The summed E-state index contributed by atoms with van der Waals surface area (Å²) in [5.41, 5.74) is 0.0383. The van der Waals surface area contributed by atoms with E-state index in [1.54, 1.807) is 5.38 Å². The zero-order valence-electron chi connectivity index (χ0n) is 9.73. The number of rotatable bonds is 3. The first-order valence-corrected chi connectivity index (χ1v) is 6.07. The molecule has 0 aliphatic heterocycles. The predicted octanol–water partition coefficient (Wildman–Crippen LogP) is 3.02. The van der Waals surface area contributed by atoms with E-state index in [9.17, 15) is 18.0 Å². The van der Waals surface area contributed by atoms with Gasteiger partial charge in [0, 0.05) is 5.69 Å². The molecule has 0 radical (unpaired) electrons. The fourth-order valence-corrected chi connectivity index (χ4v) is 2.29. The Morgan fingerprint density at radius 1 is 1.47 bits per heavy atom. The first-order valence-electron chi connectivity index (χ1n) is 5.19. The summed E-state index contributed by atoms with van der Waals surface area (Å²) in [5.74, 6) is -1.05. The maximum Gasteiger partial charge on any atom is 0.435 e. The lowest BCUT2D eigenvalue weighted by molar-refractivity contribution is -0.141. The van der Waals surface area contributed by atoms with E-state index >= 15 is 0 Å².